The number of hydrogen-bond donors (Lipinski definition) is 1. The lowest BCUT2D eigenvalue weighted by atomic mass is 9.98. The molecule has 2 rings (SSSR count). The minimum absolute atomic E-state index is 0.0107. The normalized spacial score (nSPS) is 12.5. The molecule has 0 spiro atoms. The van der Waals surface area contributed by atoms with Gasteiger partial charge in [-0.1, -0.05) is 23.7 Å². The van der Waals surface area contributed by atoms with Crippen LogP contribution in [0.3, 0.4) is 0 Å². The van der Waals surface area contributed by atoms with Gasteiger partial charge in [-0.2, -0.15) is 0 Å². The first-order valence-electron chi connectivity index (χ1n) is 6.19. The lowest BCUT2D eigenvalue weighted by molar-refractivity contribution is 0.511. The first-order valence-corrected chi connectivity index (χ1v) is 7.36. The molecule has 0 fully saturated rings. The van der Waals surface area contributed by atoms with Crippen molar-refractivity contribution in [2.75, 3.05) is 7.05 Å². The summed E-state index contributed by atoms with van der Waals surface area (Å²) >= 11 is 8.96. The van der Waals surface area contributed by atoms with Gasteiger partial charge in [-0.3, -0.25) is 0 Å². The third kappa shape index (κ3) is 3.42. The average molecular weight is 379 g/mol. The van der Waals surface area contributed by atoms with Crippen LogP contribution in [-0.4, -0.2) is 7.05 Å². The third-order valence-corrected chi connectivity index (χ3v) is 4.26. The topological polar surface area (TPSA) is 12.0 Å². The van der Waals surface area contributed by atoms with Crippen LogP contribution in [0.25, 0.3) is 0 Å². The van der Waals surface area contributed by atoms with Gasteiger partial charge in [-0.15, -0.1) is 0 Å². The number of benzene rings is 2. The Hall–Kier alpha value is -1.04. The van der Waals surface area contributed by atoms with Crippen LogP contribution < -0.4 is 5.32 Å². The van der Waals surface area contributed by atoms with E-state index in [9.17, 15) is 13.2 Å². The molecule has 0 aliphatic carbocycles. The zero-order chi connectivity index (χ0) is 15.6. The lowest BCUT2D eigenvalue weighted by Crippen LogP contribution is -2.20. The van der Waals surface area contributed by atoms with Gasteiger partial charge >= 0.3 is 0 Å². The van der Waals surface area contributed by atoms with E-state index in [0.717, 1.165) is 0 Å². The minimum atomic E-state index is -0.664. The summed E-state index contributed by atoms with van der Waals surface area (Å²) in [5.74, 6) is -1.88. The van der Waals surface area contributed by atoms with Crippen LogP contribution in [0.15, 0.2) is 34.8 Å². The van der Waals surface area contributed by atoms with Crippen LogP contribution in [0, 0.1) is 17.5 Å². The Labute approximate surface area is 134 Å². The fourth-order valence-electron chi connectivity index (χ4n) is 2.12. The monoisotopic (exact) mass is 377 g/mol. The van der Waals surface area contributed by atoms with Crippen LogP contribution in [-0.2, 0) is 6.42 Å². The molecule has 1 N–H and O–H groups in total. The van der Waals surface area contributed by atoms with Gasteiger partial charge in [0.1, 0.15) is 17.5 Å². The van der Waals surface area contributed by atoms with Crippen molar-refractivity contribution in [3.05, 3.63) is 68.4 Å². The number of likely N-dealkylation sites (N-methyl/N-ethyl adjacent to an activating group) is 1. The fraction of sp³-hybridized carbons (Fsp3) is 0.200. The Bertz CT molecular complexity index is 664. The first-order chi connectivity index (χ1) is 9.95. The van der Waals surface area contributed by atoms with Crippen molar-refractivity contribution in [3.8, 4) is 0 Å². The Morgan fingerprint density at radius 2 is 1.86 bits per heavy atom. The molecule has 0 saturated heterocycles. The van der Waals surface area contributed by atoms with Gasteiger partial charge in [-0.05, 0) is 53.2 Å². The van der Waals surface area contributed by atoms with E-state index in [1.165, 1.54) is 24.3 Å². The summed E-state index contributed by atoms with van der Waals surface area (Å²) in [6, 6.07) is 6.35. The zero-order valence-corrected chi connectivity index (χ0v) is 13.4. The van der Waals surface area contributed by atoms with Gasteiger partial charge in [0, 0.05) is 11.6 Å². The van der Waals surface area contributed by atoms with Crippen molar-refractivity contribution in [1.29, 1.82) is 0 Å². The summed E-state index contributed by atoms with van der Waals surface area (Å²) in [6.45, 7) is 0. The van der Waals surface area contributed by atoms with E-state index >= 15 is 0 Å². The van der Waals surface area contributed by atoms with Crippen LogP contribution >= 0.6 is 27.5 Å². The molecule has 1 atom stereocenters. The molecule has 1 unspecified atom stereocenters. The molecule has 0 aromatic heterocycles. The van der Waals surface area contributed by atoms with Crippen LogP contribution in [0.4, 0.5) is 13.2 Å². The molecule has 21 heavy (non-hydrogen) atoms. The molecule has 2 aromatic rings. The van der Waals surface area contributed by atoms with Crippen LogP contribution in [0.1, 0.15) is 17.2 Å². The maximum absolute atomic E-state index is 14.0. The highest BCUT2D eigenvalue weighted by molar-refractivity contribution is 9.10. The smallest absolute Gasteiger partial charge is 0.143 e. The average Bonchev–Trinajstić information content (AvgIpc) is 2.47. The van der Waals surface area contributed by atoms with Crippen LogP contribution in [0.5, 0.6) is 0 Å². The van der Waals surface area contributed by atoms with Crippen LogP contribution in [0.2, 0.25) is 5.02 Å². The molecule has 1 nitrogen and oxygen atoms in total. The van der Waals surface area contributed by atoms with E-state index in [2.05, 4.69) is 21.2 Å². The molecular weight excluding hydrogens is 367 g/mol. The molecular formula is C15H12BrClF3N. The summed E-state index contributed by atoms with van der Waals surface area (Å²) in [5, 5.41) is 2.86. The number of rotatable bonds is 4. The first kappa shape index (κ1) is 16.3. The predicted molar refractivity (Wildman–Crippen MR) is 81.0 cm³/mol. The van der Waals surface area contributed by atoms with Gasteiger partial charge in [-0.25, -0.2) is 13.2 Å². The molecule has 2 aromatic carbocycles. The molecule has 0 heterocycles. The number of hydrogen-bond acceptors (Lipinski definition) is 1. The summed E-state index contributed by atoms with van der Waals surface area (Å²) in [5.41, 5.74) is 0.377. The number of halogens is 5. The zero-order valence-electron chi connectivity index (χ0n) is 11.1. The largest absolute Gasteiger partial charge is 0.313 e. The van der Waals surface area contributed by atoms with Crippen molar-refractivity contribution < 1.29 is 13.2 Å². The Morgan fingerprint density at radius 3 is 2.52 bits per heavy atom. The summed E-state index contributed by atoms with van der Waals surface area (Å²) in [4.78, 5) is 0. The highest BCUT2D eigenvalue weighted by atomic mass is 79.9. The summed E-state index contributed by atoms with van der Waals surface area (Å²) in [6.07, 6.45) is 0.0107. The van der Waals surface area contributed by atoms with E-state index in [1.807, 2.05) is 0 Å². The Morgan fingerprint density at radius 1 is 1.14 bits per heavy atom. The standard InChI is InChI=1S/C15H12BrClF3N/c1-21-13(8-3-2-4-12(19)14(8)17)7-9-11(18)6-5-10(16)15(9)20/h2-6,13,21H,7H2,1H3. The molecule has 0 amide bonds. The van der Waals surface area contributed by atoms with Crippen molar-refractivity contribution in [3.63, 3.8) is 0 Å². The Kier molecular flexibility index (Phi) is 5.30. The highest BCUT2D eigenvalue weighted by Gasteiger charge is 2.21. The van der Waals surface area contributed by atoms with Gasteiger partial charge < -0.3 is 5.32 Å². The molecule has 0 aliphatic heterocycles. The van der Waals surface area contributed by atoms with E-state index < -0.39 is 23.5 Å². The van der Waals surface area contributed by atoms with E-state index in [1.54, 1.807) is 13.1 Å². The van der Waals surface area contributed by atoms with Gasteiger partial charge in [0.2, 0.25) is 0 Å². The number of nitrogens with one attached hydrogen (secondary N) is 1. The molecule has 0 saturated carbocycles. The second-order valence-corrected chi connectivity index (χ2v) is 5.74. The maximum atomic E-state index is 14.0. The van der Waals surface area contributed by atoms with Gasteiger partial charge in [0.05, 0.1) is 9.50 Å². The third-order valence-electron chi connectivity index (χ3n) is 3.25. The Balaban J connectivity index is 2.41. The van der Waals surface area contributed by atoms with Crippen molar-refractivity contribution >= 4 is 27.5 Å². The van der Waals surface area contributed by atoms with Crippen molar-refractivity contribution in [2.24, 2.45) is 0 Å². The second-order valence-electron chi connectivity index (χ2n) is 4.51. The van der Waals surface area contributed by atoms with Crippen molar-refractivity contribution in [2.45, 2.75) is 12.5 Å². The molecule has 0 radical (unpaired) electrons. The fourth-order valence-corrected chi connectivity index (χ4v) is 2.75. The summed E-state index contributed by atoms with van der Waals surface area (Å²) < 4.78 is 41.6. The van der Waals surface area contributed by atoms with Gasteiger partial charge in [0.15, 0.2) is 0 Å². The SMILES string of the molecule is CNC(Cc1c(F)ccc(Br)c1F)c1cccc(F)c1Cl. The highest BCUT2D eigenvalue weighted by Crippen LogP contribution is 2.30. The molecule has 0 aliphatic rings. The maximum Gasteiger partial charge on any atom is 0.143 e. The quantitative estimate of drug-likeness (QED) is 0.736. The summed E-state index contributed by atoms with van der Waals surface area (Å²) in [7, 11) is 1.62. The minimum Gasteiger partial charge on any atom is -0.313 e. The van der Waals surface area contributed by atoms with Gasteiger partial charge in [0.25, 0.3) is 0 Å². The van der Waals surface area contributed by atoms with E-state index in [-0.39, 0.29) is 21.5 Å². The second kappa shape index (κ2) is 6.81. The molecule has 112 valence electrons. The lowest BCUT2D eigenvalue weighted by Gasteiger charge is -2.19. The molecule has 6 heteroatoms. The predicted octanol–water partition coefficient (Wildman–Crippen LogP) is 5.02. The molecule has 0 bridgehead atoms. The van der Waals surface area contributed by atoms with Crippen molar-refractivity contribution in [1.82, 2.24) is 5.32 Å². The van der Waals surface area contributed by atoms with E-state index in [4.69, 9.17) is 11.6 Å². The van der Waals surface area contributed by atoms with E-state index in [0.29, 0.717) is 5.56 Å².